The zero-order valence-electron chi connectivity index (χ0n) is 24.8. The second-order valence-corrected chi connectivity index (χ2v) is 11.6. The van der Waals surface area contributed by atoms with Crippen LogP contribution in [0.2, 0.25) is 5.02 Å². The molecule has 0 radical (unpaired) electrons. The molecule has 0 aromatic heterocycles. The molecule has 1 amide bonds. The molecule has 236 valence electrons. The van der Waals surface area contributed by atoms with Crippen molar-refractivity contribution in [1.29, 1.82) is 0 Å². The van der Waals surface area contributed by atoms with Gasteiger partial charge in [0.2, 0.25) is 0 Å². The SMILES string of the molecule is COc1cc(NC(C(=O)N2CCc3ccc(OC(F)(F)F)cc32)c2ccc(Cl)cc2)cc(OCCCC(=O)OC(C)(C)C)c1. The fourth-order valence-electron chi connectivity index (χ4n) is 4.71. The number of hydrogen-bond donors (Lipinski definition) is 1. The molecule has 1 heterocycles. The van der Waals surface area contributed by atoms with Crippen molar-refractivity contribution in [3.63, 3.8) is 0 Å². The van der Waals surface area contributed by atoms with Gasteiger partial charge in [0, 0.05) is 47.9 Å². The van der Waals surface area contributed by atoms with Gasteiger partial charge in [0.05, 0.1) is 19.4 Å². The Bertz CT molecular complexity index is 1470. The van der Waals surface area contributed by atoms with Crippen LogP contribution in [0, 0.1) is 0 Å². The minimum atomic E-state index is -4.86. The van der Waals surface area contributed by atoms with E-state index in [2.05, 4.69) is 10.1 Å². The third kappa shape index (κ3) is 9.19. The van der Waals surface area contributed by atoms with Crippen LogP contribution in [-0.2, 0) is 20.7 Å². The molecule has 1 aliphatic rings. The maximum absolute atomic E-state index is 14.1. The second kappa shape index (κ2) is 13.7. The third-order valence-electron chi connectivity index (χ3n) is 6.54. The zero-order chi connectivity index (χ0) is 32.1. The third-order valence-corrected chi connectivity index (χ3v) is 6.79. The average molecular weight is 635 g/mol. The number of halogens is 4. The van der Waals surface area contributed by atoms with Gasteiger partial charge in [-0.05, 0) is 62.9 Å². The first kappa shape index (κ1) is 32.8. The molecule has 12 heteroatoms. The number of ether oxygens (including phenoxy) is 4. The molecule has 0 saturated heterocycles. The number of esters is 1. The number of benzene rings is 3. The molecule has 0 aliphatic carbocycles. The van der Waals surface area contributed by atoms with Gasteiger partial charge in [0.25, 0.3) is 5.91 Å². The molecule has 3 aromatic carbocycles. The molecule has 1 unspecified atom stereocenters. The van der Waals surface area contributed by atoms with Gasteiger partial charge in [-0.2, -0.15) is 0 Å². The van der Waals surface area contributed by atoms with E-state index in [1.54, 1.807) is 63.2 Å². The number of fused-ring (bicyclic) bond motifs is 1. The van der Waals surface area contributed by atoms with E-state index < -0.39 is 29.7 Å². The topological polar surface area (TPSA) is 86.3 Å². The Balaban J connectivity index is 1.56. The predicted molar refractivity (Wildman–Crippen MR) is 161 cm³/mol. The largest absolute Gasteiger partial charge is 0.573 e. The first-order valence-corrected chi connectivity index (χ1v) is 14.3. The maximum Gasteiger partial charge on any atom is 0.573 e. The predicted octanol–water partition coefficient (Wildman–Crippen LogP) is 7.49. The summed E-state index contributed by atoms with van der Waals surface area (Å²) in [6.45, 7) is 5.92. The van der Waals surface area contributed by atoms with E-state index in [-0.39, 0.29) is 25.5 Å². The van der Waals surface area contributed by atoms with Crippen LogP contribution in [0.15, 0.2) is 60.7 Å². The van der Waals surface area contributed by atoms with Crippen molar-refractivity contribution >= 4 is 34.9 Å². The summed E-state index contributed by atoms with van der Waals surface area (Å²) in [7, 11) is 1.50. The fourth-order valence-corrected chi connectivity index (χ4v) is 4.83. The number of carbonyl (C=O) groups excluding carboxylic acids is 2. The van der Waals surface area contributed by atoms with Gasteiger partial charge >= 0.3 is 12.3 Å². The Morgan fingerprint density at radius 2 is 1.68 bits per heavy atom. The van der Waals surface area contributed by atoms with Gasteiger partial charge in [-0.15, -0.1) is 13.2 Å². The molecule has 0 fully saturated rings. The van der Waals surface area contributed by atoms with Crippen molar-refractivity contribution in [3.05, 3.63) is 76.8 Å². The summed E-state index contributed by atoms with van der Waals surface area (Å²) in [5.41, 5.74) is 1.58. The summed E-state index contributed by atoms with van der Waals surface area (Å²) in [5.74, 6) is -0.219. The summed E-state index contributed by atoms with van der Waals surface area (Å²) >= 11 is 6.11. The average Bonchev–Trinajstić information content (AvgIpc) is 3.35. The molecule has 0 bridgehead atoms. The number of nitrogens with zero attached hydrogens (tertiary/aromatic N) is 1. The van der Waals surface area contributed by atoms with Crippen LogP contribution in [0.1, 0.15) is 50.8 Å². The Morgan fingerprint density at radius 3 is 2.34 bits per heavy atom. The molecular weight excluding hydrogens is 601 g/mol. The van der Waals surface area contributed by atoms with Gasteiger partial charge in [0.15, 0.2) is 0 Å². The lowest BCUT2D eigenvalue weighted by Crippen LogP contribution is -2.37. The first-order chi connectivity index (χ1) is 20.7. The minimum Gasteiger partial charge on any atom is -0.497 e. The summed E-state index contributed by atoms with van der Waals surface area (Å²) in [5, 5.41) is 3.72. The van der Waals surface area contributed by atoms with Crippen LogP contribution >= 0.6 is 11.6 Å². The van der Waals surface area contributed by atoms with Gasteiger partial charge in [0.1, 0.15) is 28.9 Å². The van der Waals surface area contributed by atoms with Crippen molar-refractivity contribution in [3.8, 4) is 17.2 Å². The summed E-state index contributed by atoms with van der Waals surface area (Å²) in [6.07, 6.45) is -3.78. The van der Waals surface area contributed by atoms with Crippen LogP contribution in [0.25, 0.3) is 0 Å². The molecule has 8 nitrogen and oxygen atoms in total. The van der Waals surface area contributed by atoms with Crippen molar-refractivity contribution in [1.82, 2.24) is 0 Å². The summed E-state index contributed by atoms with van der Waals surface area (Å²) in [4.78, 5) is 27.5. The minimum absolute atomic E-state index is 0.187. The molecule has 44 heavy (non-hydrogen) atoms. The van der Waals surface area contributed by atoms with E-state index in [0.717, 1.165) is 5.56 Å². The lowest BCUT2D eigenvalue weighted by atomic mass is 10.0. The van der Waals surface area contributed by atoms with Crippen molar-refractivity contribution in [2.24, 2.45) is 0 Å². The molecule has 1 N–H and O–H groups in total. The van der Waals surface area contributed by atoms with Crippen LogP contribution in [0.4, 0.5) is 24.5 Å². The maximum atomic E-state index is 14.1. The quantitative estimate of drug-likeness (QED) is 0.173. The van der Waals surface area contributed by atoms with E-state index in [1.165, 1.54) is 30.2 Å². The highest BCUT2D eigenvalue weighted by Gasteiger charge is 2.34. The number of rotatable bonds is 11. The Morgan fingerprint density at radius 1 is 0.977 bits per heavy atom. The number of alkyl halides is 3. The highest BCUT2D eigenvalue weighted by molar-refractivity contribution is 6.30. The highest BCUT2D eigenvalue weighted by Crippen LogP contribution is 2.37. The number of carbonyl (C=O) groups is 2. The Labute approximate surface area is 259 Å². The van der Waals surface area contributed by atoms with E-state index >= 15 is 0 Å². The summed E-state index contributed by atoms with van der Waals surface area (Å²) < 4.78 is 59.4. The van der Waals surface area contributed by atoms with Gasteiger partial charge in [-0.25, -0.2) is 0 Å². The summed E-state index contributed by atoms with van der Waals surface area (Å²) in [6, 6.07) is 14.8. The van der Waals surface area contributed by atoms with Crippen LogP contribution in [0.5, 0.6) is 17.2 Å². The van der Waals surface area contributed by atoms with Gasteiger partial charge in [-0.3, -0.25) is 9.59 Å². The molecule has 1 aliphatic heterocycles. The number of amides is 1. The van der Waals surface area contributed by atoms with Crippen LogP contribution in [-0.4, -0.2) is 44.1 Å². The highest BCUT2D eigenvalue weighted by atomic mass is 35.5. The normalized spacial score (nSPS) is 13.6. The van der Waals surface area contributed by atoms with Crippen molar-refractivity contribution in [2.75, 3.05) is 30.5 Å². The first-order valence-electron chi connectivity index (χ1n) is 14.0. The van der Waals surface area contributed by atoms with Crippen LogP contribution < -0.4 is 24.4 Å². The molecule has 3 aromatic rings. The van der Waals surface area contributed by atoms with E-state index in [0.29, 0.717) is 46.3 Å². The standard InChI is InChI=1S/C32H34ClF3N2O6/c1-31(2,3)44-28(39)6-5-15-42-26-17-23(16-25(18-26)41-4)37-29(21-7-10-22(33)11-8-21)30(40)38-14-13-20-9-12-24(19-27(20)38)43-32(34,35)36/h7-12,16-19,29,37H,5-6,13-15H2,1-4H3. The van der Waals surface area contributed by atoms with Crippen molar-refractivity contribution in [2.45, 2.75) is 58.0 Å². The van der Waals surface area contributed by atoms with E-state index in [4.69, 9.17) is 25.8 Å². The van der Waals surface area contributed by atoms with Crippen molar-refractivity contribution < 1.29 is 41.7 Å². The number of anilines is 2. The zero-order valence-corrected chi connectivity index (χ0v) is 25.6. The number of methoxy groups -OCH3 is 1. The van der Waals surface area contributed by atoms with Crippen LogP contribution in [0.3, 0.4) is 0 Å². The Kier molecular flexibility index (Phi) is 10.2. The fraction of sp³-hybridized carbons (Fsp3) is 0.375. The molecule has 4 rings (SSSR count). The van der Waals surface area contributed by atoms with Gasteiger partial charge < -0.3 is 29.2 Å². The lowest BCUT2D eigenvalue weighted by molar-refractivity contribution is -0.274. The van der Waals surface area contributed by atoms with Gasteiger partial charge in [-0.1, -0.05) is 29.8 Å². The van der Waals surface area contributed by atoms with E-state index in [1.807, 2.05) is 0 Å². The number of hydrogen-bond acceptors (Lipinski definition) is 7. The number of nitrogens with one attached hydrogen (secondary N) is 1. The lowest BCUT2D eigenvalue weighted by Gasteiger charge is -2.26. The molecule has 0 spiro atoms. The molecule has 0 saturated carbocycles. The van der Waals surface area contributed by atoms with E-state index in [9.17, 15) is 22.8 Å². The smallest absolute Gasteiger partial charge is 0.497 e. The molecular formula is C32H34ClF3N2O6. The Hall–Kier alpha value is -4.12. The monoisotopic (exact) mass is 634 g/mol. The second-order valence-electron chi connectivity index (χ2n) is 11.1. The molecule has 1 atom stereocenters.